The van der Waals surface area contributed by atoms with E-state index in [1.165, 1.54) is 0 Å². The van der Waals surface area contributed by atoms with Gasteiger partial charge in [-0.15, -0.1) is 0 Å². The number of nitrogens with two attached hydrogens (primary N) is 2. The molecule has 1 heterocycles. The van der Waals surface area contributed by atoms with Crippen LogP contribution in [0.1, 0.15) is 30.0 Å². The maximum Gasteiger partial charge on any atom is 0.271 e. The van der Waals surface area contributed by atoms with Gasteiger partial charge >= 0.3 is 0 Å². The zero-order valence-electron chi connectivity index (χ0n) is 9.12. The Labute approximate surface area is 98.4 Å². The first-order chi connectivity index (χ1) is 7.45. The molecule has 0 fully saturated rings. The lowest BCUT2D eigenvalue weighted by atomic mass is 10.3. The molecule has 0 aliphatic rings. The van der Waals surface area contributed by atoms with Crippen LogP contribution in [0.5, 0.6) is 0 Å². The molecule has 0 aromatic carbocycles. The quantitative estimate of drug-likeness (QED) is 0.668. The molecule has 5 N–H and O–H groups in total. The maximum atomic E-state index is 11.2. The summed E-state index contributed by atoms with van der Waals surface area (Å²) >= 11 is 5.88. The average Bonchev–Trinajstić information content (AvgIpc) is 2.16. The van der Waals surface area contributed by atoms with Gasteiger partial charge in [-0.3, -0.25) is 4.79 Å². The minimum atomic E-state index is -0.665. The molecule has 1 atom stereocenters. The largest absolute Gasteiger partial charge is 0.364 e. The number of primary amides is 1. The molecule has 0 saturated carbocycles. The van der Waals surface area contributed by atoms with E-state index in [0.717, 1.165) is 0 Å². The van der Waals surface area contributed by atoms with Crippen molar-refractivity contribution in [1.29, 1.82) is 0 Å². The SMILES string of the molecule is CCc1nc(C(N)=O)c(NC(C)N)nc1Cl. The summed E-state index contributed by atoms with van der Waals surface area (Å²) in [5, 5.41) is 3.01. The Hall–Kier alpha value is -1.40. The fraction of sp³-hybridized carbons (Fsp3) is 0.444. The van der Waals surface area contributed by atoms with Crippen LogP contribution in [-0.2, 0) is 6.42 Å². The minimum absolute atomic E-state index is 0.0542. The second-order valence-electron chi connectivity index (χ2n) is 3.31. The van der Waals surface area contributed by atoms with Crippen LogP contribution in [-0.4, -0.2) is 22.0 Å². The summed E-state index contributed by atoms with van der Waals surface area (Å²) in [5.74, 6) is -0.452. The van der Waals surface area contributed by atoms with E-state index in [4.69, 9.17) is 23.1 Å². The van der Waals surface area contributed by atoms with Gasteiger partial charge in [0.05, 0.1) is 11.9 Å². The summed E-state index contributed by atoms with van der Waals surface area (Å²) in [6, 6.07) is 0. The number of anilines is 1. The molecule has 88 valence electrons. The molecule has 1 unspecified atom stereocenters. The van der Waals surface area contributed by atoms with Gasteiger partial charge < -0.3 is 16.8 Å². The molecule has 0 bridgehead atoms. The fourth-order valence-corrected chi connectivity index (χ4v) is 1.42. The van der Waals surface area contributed by atoms with E-state index in [2.05, 4.69) is 15.3 Å². The van der Waals surface area contributed by atoms with E-state index in [1.807, 2.05) is 6.92 Å². The van der Waals surface area contributed by atoms with Crippen LogP contribution in [0.4, 0.5) is 5.82 Å². The zero-order valence-corrected chi connectivity index (χ0v) is 9.88. The summed E-state index contributed by atoms with van der Waals surface area (Å²) < 4.78 is 0. The molecule has 1 amide bonds. The van der Waals surface area contributed by atoms with Gasteiger partial charge in [-0.1, -0.05) is 18.5 Å². The lowest BCUT2D eigenvalue weighted by Gasteiger charge is -2.13. The Morgan fingerprint density at radius 2 is 2.19 bits per heavy atom. The van der Waals surface area contributed by atoms with Crippen molar-refractivity contribution in [2.75, 3.05) is 5.32 Å². The molecular weight excluding hydrogens is 230 g/mol. The summed E-state index contributed by atoms with van der Waals surface area (Å²) in [6.07, 6.45) is 0.195. The standard InChI is InChI=1S/C9H14ClN5O/c1-3-5-7(10)15-9(13-4(2)11)6(14-5)8(12)16/h4H,3,11H2,1-2H3,(H2,12,16)(H,13,15). The Balaban J connectivity index is 3.24. The Bertz CT molecular complexity index is 407. The molecule has 1 aromatic heterocycles. The number of rotatable bonds is 4. The number of amides is 1. The van der Waals surface area contributed by atoms with Gasteiger partial charge in [0, 0.05) is 0 Å². The highest BCUT2D eigenvalue weighted by molar-refractivity contribution is 6.30. The Morgan fingerprint density at radius 3 is 2.62 bits per heavy atom. The number of nitrogens with zero attached hydrogens (tertiary/aromatic N) is 2. The molecule has 0 aliphatic carbocycles. The topological polar surface area (TPSA) is 107 Å². The molecule has 0 spiro atoms. The highest BCUT2D eigenvalue weighted by Gasteiger charge is 2.16. The summed E-state index contributed by atoms with van der Waals surface area (Å²) in [5.41, 5.74) is 11.3. The van der Waals surface area contributed by atoms with Crippen LogP contribution in [0, 0.1) is 0 Å². The molecule has 0 radical (unpaired) electrons. The highest BCUT2D eigenvalue weighted by atomic mass is 35.5. The number of hydrogen-bond acceptors (Lipinski definition) is 5. The van der Waals surface area contributed by atoms with Gasteiger partial charge in [0.25, 0.3) is 5.91 Å². The van der Waals surface area contributed by atoms with Crippen LogP contribution in [0.25, 0.3) is 0 Å². The lowest BCUT2D eigenvalue weighted by Crippen LogP contribution is -2.28. The fourth-order valence-electron chi connectivity index (χ4n) is 1.16. The number of aromatic nitrogens is 2. The van der Waals surface area contributed by atoms with E-state index in [1.54, 1.807) is 6.92 Å². The molecule has 1 rings (SSSR count). The van der Waals surface area contributed by atoms with Gasteiger partial charge in [0.15, 0.2) is 16.7 Å². The predicted octanol–water partition coefficient (Wildman–Crippen LogP) is 0.508. The van der Waals surface area contributed by atoms with Gasteiger partial charge in [0.2, 0.25) is 0 Å². The first-order valence-electron chi connectivity index (χ1n) is 4.84. The van der Waals surface area contributed by atoms with Gasteiger partial charge in [-0.05, 0) is 13.3 Å². The van der Waals surface area contributed by atoms with E-state index >= 15 is 0 Å². The number of carbonyl (C=O) groups excluding carboxylic acids is 1. The molecular formula is C9H14ClN5O. The zero-order chi connectivity index (χ0) is 12.3. The average molecular weight is 244 g/mol. The van der Waals surface area contributed by atoms with Crippen molar-refractivity contribution in [2.24, 2.45) is 11.5 Å². The third-order valence-corrected chi connectivity index (χ3v) is 2.15. The summed E-state index contributed by atoms with van der Waals surface area (Å²) in [4.78, 5) is 19.3. The highest BCUT2D eigenvalue weighted by Crippen LogP contribution is 2.18. The molecule has 1 aromatic rings. The van der Waals surface area contributed by atoms with E-state index in [-0.39, 0.29) is 22.8 Å². The number of hydrogen-bond donors (Lipinski definition) is 3. The lowest BCUT2D eigenvalue weighted by molar-refractivity contribution is 0.0996. The molecule has 16 heavy (non-hydrogen) atoms. The number of halogens is 1. The first-order valence-corrected chi connectivity index (χ1v) is 5.21. The maximum absolute atomic E-state index is 11.2. The van der Waals surface area contributed by atoms with Crippen molar-refractivity contribution in [1.82, 2.24) is 9.97 Å². The van der Waals surface area contributed by atoms with Crippen molar-refractivity contribution in [3.63, 3.8) is 0 Å². The third kappa shape index (κ3) is 2.80. The third-order valence-electron chi connectivity index (χ3n) is 1.85. The molecule has 0 saturated heterocycles. The first kappa shape index (κ1) is 12.7. The van der Waals surface area contributed by atoms with Crippen molar-refractivity contribution in [3.8, 4) is 0 Å². The van der Waals surface area contributed by atoms with Crippen LogP contribution < -0.4 is 16.8 Å². The van der Waals surface area contributed by atoms with Gasteiger partial charge in [-0.25, -0.2) is 9.97 Å². The monoisotopic (exact) mass is 243 g/mol. The van der Waals surface area contributed by atoms with Gasteiger partial charge in [-0.2, -0.15) is 0 Å². The normalized spacial score (nSPS) is 12.2. The Kier molecular flexibility index (Phi) is 4.03. The number of nitrogens with one attached hydrogen (secondary N) is 1. The smallest absolute Gasteiger partial charge is 0.271 e. The van der Waals surface area contributed by atoms with Crippen molar-refractivity contribution in [3.05, 3.63) is 16.5 Å². The predicted molar refractivity (Wildman–Crippen MR) is 62.2 cm³/mol. The summed E-state index contributed by atoms with van der Waals surface area (Å²) in [6.45, 7) is 3.56. The van der Waals surface area contributed by atoms with Crippen LogP contribution >= 0.6 is 11.6 Å². The van der Waals surface area contributed by atoms with Crippen molar-refractivity contribution < 1.29 is 4.79 Å². The second-order valence-corrected chi connectivity index (χ2v) is 3.67. The van der Waals surface area contributed by atoms with E-state index in [9.17, 15) is 4.79 Å². The Morgan fingerprint density at radius 1 is 1.56 bits per heavy atom. The molecule has 0 aliphatic heterocycles. The summed E-state index contributed by atoms with van der Waals surface area (Å²) in [7, 11) is 0. The van der Waals surface area contributed by atoms with Crippen LogP contribution in [0.2, 0.25) is 5.15 Å². The second kappa shape index (κ2) is 5.09. The van der Waals surface area contributed by atoms with Crippen LogP contribution in [0.15, 0.2) is 0 Å². The van der Waals surface area contributed by atoms with Crippen molar-refractivity contribution >= 4 is 23.3 Å². The molecule has 7 heteroatoms. The van der Waals surface area contributed by atoms with Gasteiger partial charge in [0.1, 0.15) is 0 Å². The van der Waals surface area contributed by atoms with E-state index < -0.39 is 5.91 Å². The number of carbonyl (C=O) groups is 1. The van der Waals surface area contributed by atoms with Crippen LogP contribution in [0.3, 0.4) is 0 Å². The van der Waals surface area contributed by atoms with E-state index in [0.29, 0.717) is 12.1 Å². The number of aryl methyl sites for hydroxylation is 1. The minimum Gasteiger partial charge on any atom is -0.364 e. The van der Waals surface area contributed by atoms with Crippen molar-refractivity contribution in [2.45, 2.75) is 26.4 Å². The molecule has 6 nitrogen and oxygen atoms in total.